The molecule has 0 aromatic heterocycles. The van der Waals surface area contributed by atoms with E-state index in [0.29, 0.717) is 18.4 Å². The normalized spacial score (nSPS) is 33.2. The van der Waals surface area contributed by atoms with Crippen molar-refractivity contribution < 1.29 is 22.7 Å². The van der Waals surface area contributed by atoms with Crippen molar-refractivity contribution in [3.8, 4) is 0 Å². The third-order valence-electron chi connectivity index (χ3n) is 6.16. The average Bonchev–Trinajstić information content (AvgIpc) is 3.31. The first-order chi connectivity index (χ1) is 14.4. The molecule has 2 aromatic carbocycles. The molecule has 30 heavy (non-hydrogen) atoms. The van der Waals surface area contributed by atoms with Crippen molar-refractivity contribution in [2.75, 3.05) is 0 Å². The van der Waals surface area contributed by atoms with Gasteiger partial charge in [0.25, 0.3) is 0 Å². The van der Waals surface area contributed by atoms with Crippen molar-refractivity contribution in [1.82, 2.24) is 4.72 Å². The maximum absolute atomic E-state index is 13.0. The van der Waals surface area contributed by atoms with Crippen LogP contribution >= 0.6 is 0 Å². The van der Waals surface area contributed by atoms with Crippen LogP contribution in [0, 0.1) is 6.92 Å². The Balaban J connectivity index is 1.52. The number of aryl methyl sites for hydroxylation is 1. The molecule has 2 aromatic rings. The number of ether oxygens (including phenoxy) is 2. The van der Waals surface area contributed by atoms with Gasteiger partial charge in [-0.15, -0.1) is 0 Å². The zero-order valence-corrected chi connectivity index (χ0v) is 17.3. The zero-order valence-electron chi connectivity index (χ0n) is 16.5. The highest BCUT2D eigenvalue weighted by Gasteiger charge is 2.66. The van der Waals surface area contributed by atoms with Gasteiger partial charge in [-0.3, -0.25) is 0 Å². The lowest BCUT2D eigenvalue weighted by molar-refractivity contribution is -0.0867. The van der Waals surface area contributed by atoms with E-state index >= 15 is 0 Å². The van der Waals surface area contributed by atoms with Gasteiger partial charge in [-0.05, 0) is 43.5 Å². The SMILES string of the molecule is Cc1cccc(C(=O)O[C@@H]2[C@H](Cc3ccccc3)NS(=O)(=O)[C@H]3C[C@H]4C=C[C@]23O4)c1. The molecule has 156 valence electrons. The summed E-state index contributed by atoms with van der Waals surface area (Å²) in [5.41, 5.74) is 1.18. The van der Waals surface area contributed by atoms with E-state index in [1.165, 1.54) is 0 Å². The number of benzene rings is 2. The molecule has 2 fully saturated rings. The Hall–Kier alpha value is -2.48. The smallest absolute Gasteiger partial charge is 0.338 e. The number of rotatable bonds is 4. The Morgan fingerprint density at radius 1 is 1.20 bits per heavy atom. The monoisotopic (exact) mass is 425 g/mol. The van der Waals surface area contributed by atoms with Gasteiger partial charge >= 0.3 is 5.97 Å². The number of nitrogens with one attached hydrogen (secondary N) is 1. The Kier molecular flexibility index (Phi) is 4.57. The Bertz CT molecular complexity index is 1110. The van der Waals surface area contributed by atoms with Gasteiger partial charge in [0, 0.05) is 0 Å². The first-order valence-corrected chi connectivity index (χ1v) is 11.6. The molecule has 6 nitrogen and oxygen atoms in total. The fourth-order valence-electron chi connectivity index (χ4n) is 4.83. The molecule has 0 radical (unpaired) electrons. The molecule has 5 atom stereocenters. The van der Waals surface area contributed by atoms with Gasteiger partial charge in [-0.1, -0.05) is 54.1 Å². The molecule has 0 unspecified atom stereocenters. The van der Waals surface area contributed by atoms with E-state index in [-0.39, 0.29) is 6.10 Å². The fraction of sp³-hybridized carbons (Fsp3) is 0.348. The van der Waals surface area contributed by atoms with Crippen molar-refractivity contribution in [3.05, 3.63) is 83.4 Å². The van der Waals surface area contributed by atoms with Gasteiger partial charge in [0.05, 0.1) is 17.7 Å². The van der Waals surface area contributed by atoms with Crippen molar-refractivity contribution in [2.45, 2.75) is 48.9 Å². The predicted molar refractivity (Wildman–Crippen MR) is 112 cm³/mol. The number of esters is 1. The van der Waals surface area contributed by atoms with Crippen LogP contribution in [0.15, 0.2) is 66.7 Å². The average molecular weight is 426 g/mol. The highest BCUT2D eigenvalue weighted by molar-refractivity contribution is 7.90. The molecule has 0 saturated carbocycles. The maximum Gasteiger partial charge on any atom is 0.338 e. The zero-order chi connectivity index (χ0) is 20.9. The number of carbonyl (C=O) groups is 1. The van der Waals surface area contributed by atoms with E-state index in [0.717, 1.165) is 11.1 Å². The largest absolute Gasteiger partial charge is 0.454 e. The Labute approximate surface area is 175 Å². The van der Waals surface area contributed by atoms with Gasteiger partial charge in [0.2, 0.25) is 10.0 Å². The van der Waals surface area contributed by atoms with E-state index in [9.17, 15) is 13.2 Å². The number of sulfonamides is 1. The third-order valence-corrected chi connectivity index (χ3v) is 8.10. The second kappa shape index (κ2) is 7.04. The van der Waals surface area contributed by atoms with E-state index in [2.05, 4.69) is 4.72 Å². The van der Waals surface area contributed by atoms with E-state index in [1.54, 1.807) is 24.3 Å². The summed E-state index contributed by atoms with van der Waals surface area (Å²) in [5.74, 6) is -0.483. The predicted octanol–water partition coefficient (Wildman–Crippen LogP) is 2.53. The summed E-state index contributed by atoms with van der Waals surface area (Å²) >= 11 is 0. The second-order valence-corrected chi connectivity index (χ2v) is 10.1. The van der Waals surface area contributed by atoms with E-state index in [1.807, 2.05) is 49.4 Å². The summed E-state index contributed by atoms with van der Waals surface area (Å²) in [5, 5.41) is -0.776. The standard InChI is InChI=1S/C23H23NO5S/c1-15-6-5-9-17(12-15)22(25)28-21-19(13-16-7-3-2-4-8-16)24-30(26,27)20-14-18-10-11-23(20,21)29-18/h2-12,18-21,24H,13-14H2,1H3/t18-,19+,20+,21-,23-/m1/s1. The topological polar surface area (TPSA) is 81.7 Å². The minimum Gasteiger partial charge on any atom is -0.454 e. The highest BCUT2D eigenvalue weighted by atomic mass is 32.2. The van der Waals surface area contributed by atoms with Crippen molar-refractivity contribution in [1.29, 1.82) is 0 Å². The number of hydrogen-bond acceptors (Lipinski definition) is 5. The molecule has 2 bridgehead atoms. The van der Waals surface area contributed by atoms with Crippen LogP contribution < -0.4 is 4.72 Å². The summed E-state index contributed by atoms with van der Waals surface area (Å²) in [6, 6.07) is 16.1. The van der Waals surface area contributed by atoms with Gasteiger partial charge in [-0.2, -0.15) is 0 Å². The first kappa shape index (κ1) is 19.5. The molecule has 0 aliphatic carbocycles. The quantitative estimate of drug-likeness (QED) is 0.601. The number of carbonyl (C=O) groups excluding carboxylic acids is 1. The molecule has 7 heteroatoms. The highest BCUT2D eigenvalue weighted by Crippen LogP contribution is 2.48. The van der Waals surface area contributed by atoms with Crippen LogP contribution in [-0.4, -0.2) is 43.5 Å². The molecule has 3 aliphatic rings. The van der Waals surface area contributed by atoms with Gasteiger partial charge in [0.1, 0.15) is 10.9 Å². The molecular formula is C23H23NO5S. The minimum atomic E-state index is -3.63. The Morgan fingerprint density at radius 3 is 2.73 bits per heavy atom. The second-order valence-electron chi connectivity index (χ2n) is 8.25. The maximum atomic E-state index is 13.0. The lowest BCUT2D eigenvalue weighted by atomic mass is 9.83. The van der Waals surface area contributed by atoms with Crippen LogP contribution in [0.3, 0.4) is 0 Å². The van der Waals surface area contributed by atoms with Crippen LogP contribution in [0.5, 0.6) is 0 Å². The number of fused-ring (bicyclic) bond motifs is 1. The summed E-state index contributed by atoms with van der Waals surface area (Å²) in [6.45, 7) is 1.91. The van der Waals surface area contributed by atoms with Gasteiger partial charge in [-0.25, -0.2) is 17.9 Å². The molecule has 1 spiro atoms. The summed E-state index contributed by atoms with van der Waals surface area (Å²) < 4.78 is 41.0. The molecule has 3 aliphatic heterocycles. The van der Waals surface area contributed by atoms with Crippen LogP contribution in [0.2, 0.25) is 0 Å². The van der Waals surface area contributed by atoms with E-state index < -0.39 is 39.0 Å². The van der Waals surface area contributed by atoms with Crippen molar-refractivity contribution >= 4 is 16.0 Å². The molecular weight excluding hydrogens is 402 g/mol. The number of hydrogen-bond donors (Lipinski definition) is 1. The molecule has 1 N–H and O–H groups in total. The minimum absolute atomic E-state index is 0.276. The van der Waals surface area contributed by atoms with Crippen LogP contribution in [0.1, 0.15) is 27.9 Å². The van der Waals surface area contributed by atoms with Crippen LogP contribution in [0.25, 0.3) is 0 Å². The van der Waals surface area contributed by atoms with Crippen molar-refractivity contribution in [3.63, 3.8) is 0 Å². The Morgan fingerprint density at radius 2 is 2.00 bits per heavy atom. The molecule has 2 saturated heterocycles. The lowest BCUT2D eigenvalue weighted by Crippen LogP contribution is -2.68. The van der Waals surface area contributed by atoms with E-state index in [4.69, 9.17) is 9.47 Å². The third kappa shape index (κ3) is 3.17. The summed E-state index contributed by atoms with van der Waals surface area (Å²) in [7, 11) is -3.63. The van der Waals surface area contributed by atoms with Gasteiger partial charge in [0.15, 0.2) is 6.10 Å². The van der Waals surface area contributed by atoms with Crippen LogP contribution in [-0.2, 0) is 25.9 Å². The van der Waals surface area contributed by atoms with Crippen LogP contribution in [0.4, 0.5) is 0 Å². The molecule has 5 rings (SSSR count). The summed E-state index contributed by atoms with van der Waals surface area (Å²) in [6.07, 6.45) is 3.37. The van der Waals surface area contributed by atoms with Crippen molar-refractivity contribution in [2.24, 2.45) is 0 Å². The fourth-order valence-corrected chi connectivity index (χ4v) is 6.82. The molecule has 3 heterocycles. The lowest BCUT2D eigenvalue weighted by Gasteiger charge is -2.45. The summed E-state index contributed by atoms with van der Waals surface area (Å²) in [4.78, 5) is 13.0. The molecule has 0 amide bonds. The first-order valence-electron chi connectivity index (χ1n) is 10.1. The van der Waals surface area contributed by atoms with Gasteiger partial charge < -0.3 is 9.47 Å².